The minimum absolute atomic E-state index is 0.0153. The summed E-state index contributed by atoms with van der Waals surface area (Å²) in [7, 11) is 0. The summed E-state index contributed by atoms with van der Waals surface area (Å²) in [5.41, 5.74) is 1.56. The Bertz CT molecular complexity index is 810. The Morgan fingerprint density at radius 3 is 2.23 bits per heavy atom. The number of hydrogen-bond acceptors (Lipinski definition) is 3. The first kappa shape index (κ1) is 21.9. The summed E-state index contributed by atoms with van der Waals surface area (Å²) in [6.45, 7) is 4.38. The van der Waals surface area contributed by atoms with Crippen LogP contribution in [-0.4, -0.2) is 36.0 Å². The van der Waals surface area contributed by atoms with Crippen LogP contribution in [0.2, 0.25) is 0 Å². The molecule has 1 aliphatic heterocycles. The molecule has 166 valence electrons. The maximum absolute atomic E-state index is 12.9. The van der Waals surface area contributed by atoms with E-state index in [0.717, 1.165) is 31.4 Å². The fraction of sp³-hybridized carbons (Fsp3) is 0.519. The van der Waals surface area contributed by atoms with E-state index in [-0.39, 0.29) is 17.5 Å². The summed E-state index contributed by atoms with van der Waals surface area (Å²) < 4.78 is 5.95. The number of ether oxygens (including phenoxy) is 1. The molecule has 4 rings (SSSR count). The number of rotatable bonds is 7. The van der Waals surface area contributed by atoms with E-state index in [1.54, 1.807) is 0 Å². The van der Waals surface area contributed by atoms with Gasteiger partial charge >= 0.3 is 0 Å². The fourth-order valence-electron chi connectivity index (χ4n) is 5.38. The van der Waals surface area contributed by atoms with Gasteiger partial charge in [-0.3, -0.25) is 9.69 Å². The summed E-state index contributed by atoms with van der Waals surface area (Å²) in [4.78, 5) is 15.7. The molecule has 1 amide bonds. The maximum Gasteiger partial charge on any atom is 0.261 e. The van der Waals surface area contributed by atoms with Crippen LogP contribution in [0.15, 0.2) is 60.7 Å². The van der Waals surface area contributed by atoms with Crippen molar-refractivity contribution in [2.45, 2.75) is 76.0 Å². The molecule has 0 aromatic heterocycles. The van der Waals surface area contributed by atoms with Gasteiger partial charge in [-0.15, -0.1) is 0 Å². The summed E-state index contributed by atoms with van der Waals surface area (Å²) in [5.74, 6) is 0.767. The molecule has 1 heterocycles. The quantitative estimate of drug-likeness (QED) is 0.662. The molecule has 0 radical (unpaired) electrons. The zero-order valence-electron chi connectivity index (χ0n) is 18.8. The lowest BCUT2D eigenvalue weighted by atomic mass is 9.73. The molecule has 1 N–H and O–H groups in total. The zero-order chi connectivity index (χ0) is 21.5. The van der Waals surface area contributed by atoms with E-state index in [1.807, 2.05) is 37.3 Å². The van der Waals surface area contributed by atoms with Crippen molar-refractivity contribution in [1.82, 2.24) is 10.2 Å². The zero-order valence-corrected chi connectivity index (χ0v) is 18.8. The topological polar surface area (TPSA) is 41.6 Å². The van der Waals surface area contributed by atoms with Crippen LogP contribution in [0.25, 0.3) is 0 Å². The van der Waals surface area contributed by atoms with Crippen molar-refractivity contribution in [2.75, 3.05) is 13.1 Å². The van der Waals surface area contributed by atoms with Crippen LogP contribution in [-0.2, 0) is 10.3 Å². The Morgan fingerprint density at radius 2 is 1.61 bits per heavy atom. The van der Waals surface area contributed by atoms with E-state index in [0.29, 0.717) is 6.42 Å². The molecule has 2 aromatic rings. The van der Waals surface area contributed by atoms with Gasteiger partial charge in [0.2, 0.25) is 0 Å². The lowest BCUT2D eigenvalue weighted by Crippen LogP contribution is -2.53. The van der Waals surface area contributed by atoms with E-state index < -0.39 is 6.10 Å². The van der Waals surface area contributed by atoms with Gasteiger partial charge < -0.3 is 10.1 Å². The second kappa shape index (κ2) is 10.3. The molecule has 2 fully saturated rings. The van der Waals surface area contributed by atoms with Crippen LogP contribution < -0.4 is 10.1 Å². The Hall–Kier alpha value is -2.33. The van der Waals surface area contributed by atoms with Gasteiger partial charge in [0.05, 0.1) is 0 Å². The van der Waals surface area contributed by atoms with Crippen molar-refractivity contribution in [1.29, 1.82) is 0 Å². The second-order valence-electron chi connectivity index (χ2n) is 9.06. The lowest BCUT2D eigenvalue weighted by molar-refractivity contribution is -0.129. The summed E-state index contributed by atoms with van der Waals surface area (Å²) in [6.07, 6.45) is 8.38. The third-order valence-corrected chi connectivity index (χ3v) is 7.12. The minimum atomic E-state index is -0.440. The Kier molecular flexibility index (Phi) is 7.29. The summed E-state index contributed by atoms with van der Waals surface area (Å²) in [5, 5.41) is 3.30. The molecular formula is C27H36N2O2. The minimum Gasteiger partial charge on any atom is -0.481 e. The van der Waals surface area contributed by atoms with Crippen molar-refractivity contribution < 1.29 is 9.53 Å². The highest BCUT2D eigenvalue weighted by Gasteiger charge is 2.42. The maximum atomic E-state index is 12.9. The molecule has 31 heavy (non-hydrogen) atoms. The summed E-state index contributed by atoms with van der Waals surface area (Å²) >= 11 is 0. The van der Waals surface area contributed by atoms with E-state index in [9.17, 15) is 4.79 Å². The predicted molar refractivity (Wildman–Crippen MR) is 125 cm³/mol. The van der Waals surface area contributed by atoms with Gasteiger partial charge in [-0.25, -0.2) is 0 Å². The van der Waals surface area contributed by atoms with Crippen LogP contribution in [0, 0.1) is 0 Å². The standard InChI is InChI=1S/C27H36N2O2/c1-2-25(31-24-14-8-4-9-15-24)26(30)28-23-16-18-27(19-17-23,22-12-6-3-7-13-22)29-20-10-5-11-21-29/h3-4,6-9,12-15,23,25H,2,5,10-11,16-21H2,1H3,(H,28,30). The van der Waals surface area contributed by atoms with Gasteiger partial charge in [0.25, 0.3) is 5.91 Å². The first-order chi connectivity index (χ1) is 15.2. The van der Waals surface area contributed by atoms with Gasteiger partial charge in [-0.2, -0.15) is 0 Å². The van der Waals surface area contributed by atoms with Crippen LogP contribution in [0.1, 0.15) is 63.9 Å². The number of amides is 1. The molecule has 4 nitrogen and oxygen atoms in total. The van der Waals surface area contributed by atoms with E-state index in [4.69, 9.17) is 4.74 Å². The van der Waals surface area contributed by atoms with Crippen LogP contribution in [0.4, 0.5) is 0 Å². The smallest absolute Gasteiger partial charge is 0.261 e. The van der Waals surface area contributed by atoms with Gasteiger partial charge in [0.15, 0.2) is 6.10 Å². The van der Waals surface area contributed by atoms with E-state index in [1.165, 1.54) is 37.9 Å². The van der Waals surface area contributed by atoms with Gasteiger partial charge in [-0.05, 0) is 75.7 Å². The molecule has 1 atom stereocenters. The van der Waals surface area contributed by atoms with Crippen LogP contribution in [0.3, 0.4) is 0 Å². The first-order valence-corrected chi connectivity index (χ1v) is 12.0. The monoisotopic (exact) mass is 420 g/mol. The highest BCUT2D eigenvalue weighted by atomic mass is 16.5. The molecule has 0 spiro atoms. The number of benzene rings is 2. The van der Waals surface area contributed by atoms with Crippen LogP contribution in [0.5, 0.6) is 5.75 Å². The van der Waals surface area contributed by atoms with Gasteiger partial charge in [0.1, 0.15) is 5.75 Å². The van der Waals surface area contributed by atoms with Crippen LogP contribution >= 0.6 is 0 Å². The summed E-state index contributed by atoms with van der Waals surface area (Å²) in [6, 6.07) is 20.9. The highest BCUT2D eigenvalue weighted by molar-refractivity contribution is 5.81. The first-order valence-electron chi connectivity index (χ1n) is 12.0. The third kappa shape index (κ3) is 5.12. The molecule has 4 heteroatoms. The van der Waals surface area contributed by atoms with E-state index >= 15 is 0 Å². The number of para-hydroxylation sites is 1. The van der Waals surface area contributed by atoms with Crippen molar-refractivity contribution in [3.8, 4) is 5.75 Å². The Balaban J connectivity index is 1.40. The average Bonchev–Trinajstić information content (AvgIpc) is 2.85. The molecular weight excluding hydrogens is 384 g/mol. The number of piperidine rings is 1. The number of likely N-dealkylation sites (tertiary alicyclic amines) is 1. The molecule has 0 bridgehead atoms. The average molecular weight is 421 g/mol. The van der Waals surface area contributed by atoms with Gasteiger partial charge in [0, 0.05) is 11.6 Å². The van der Waals surface area contributed by atoms with Crippen molar-refractivity contribution in [2.24, 2.45) is 0 Å². The van der Waals surface area contributed by atoms with Gasteiger partial charge in [-0.1, -0.05) is 61.9 Å². The third-order valence-electron chi connectivity index (χ3n) is 7.12. The molecule has 2 aromatic carbocycles. The number of nitrogens with one attached hydrogen (secondary N) is 1. The largest absolute Gasteiger partial charge is 0.481 e. The molecule has 2 aliphatic rings. The second-order valence-corrected chi connectivity index (χ2v) is 9.06. The molecule has 1 saturated heterocycles. The van der Waals surface area contributed by atoms with E-state index in [2.05, 4.69) is 40.5 Å². The number of nitrogens with zero attached hydrogens (tertiary/aromatic N) is 1. The fourth-order valence-corrected chi connectivity index (χ4v) is 5.38. The highest BCUT2D eigenvalue weighted by Crippen LogP contribution is 2.43. The molecule has 1 saturated carbocycles. The normalized spacial score (nSPS) is 25.5. The lowest BCUT2D eigenvalue weighted by Gasteiger charge is -2.50. The van der Waals surface area contributed by atoms with Crippen molar-refractivity contribution in [3.05, 3.63) is 66.2 Å². The molecule has 1 unspecified atom stereocenters. The number of carbonyl (C=O) groups excluding carboxylic acids is 1. The number of hydrogen-bond donors (Lipinski definition) is 1. The Labute approximate surface area is 187 Å². The predicted octanol–water partition coefficient (Wildman–Crippen LogP) is 5.28. The molecule has 1 aliphatic carbocycles. The van der Waals surface area contributed by atoms with Crippen molar-refractivity contribution in [3.63, 3.8) is 0 Å². The SMILES string of the molecule is CCC(Oc1ccccc1)C(=O)NC1CCC(c2ccccc2)(N2CCCCC2)CC1. The Morgan fingerprint density at radius 1 is 1.00 bits per heavy atom. The van der Waals surface area contributed by atoms with Crippen molar-refractivity contribution >= 4 is 5.91 Å². The number of carbonyl (C=O) groups is 1.